The van der Waals surface area contributed by atoms with Crippen molar-refractivity contribution in [1.82, 2.24) is 24.7 Å². The van der Waals surface area contributed by atoms with Crippen molar-refractivity contribution < 1.29 is 14.3 Å². The highest BCUT2D eigenvalue weighted by atomic mass is 16.6. The molecule has 1 aliphatic carbocycles. The van der Waals surface area contributed by atoms with E-state index in [0.29, 0.717) is 5.75 Å². The molecule has 1 fully saturated rings. The van der Waals surface area contributed by atoms with Gasteiger partial charge in [-0.05, 0) is 51.7 Å². The number of aromatic nitrogens is 4. The number of nitrogens with zero attached hydrogens (tertiary/aromatic N) is 3. The van der Waals surface area contributed by atoms with E-state index in [1.54, 1.807) is 19.5 Å². The molecule has 0 radical (unpaired) electrons. The van der Waals surface area contributed by atoms with Crippen LogP contribution < -0.4 is 10.1 Å². The number of carbonyl (C=O) groups is 1. The second-order valence-corrected chi connectivity index (χ2v) is 11.2. The van der Waals surface area contributed by atoms with Gasteiger partial charge in [-0.2, -0.15) is 0 Å². The van der Waals surface area contributed by atoms with Gasteiger partial charge in [-0.1, -0.05) is 54.6 Å². The molecule has 2 aromatic carbocycles. The van der Waals surface area contributed by atoms with Crippen LogP contribution in [0.2, 0.25) is 0 Å². The van der Waals surface area contributed by atoms with Gasteiger partial charge in [0.05, 0.1) is 24.0 Å². The topological polar surface area (TPSA) is 93.5 Å². The van der Waals surface area contributed by atoms with Crippen molar-refractivity contribution in [3.05, 3.63) is 84.8 Å². The van der Waals surface area contributed by atoms with Crippen LogP contribution in [-0.4, -0.2) is 38.2 Å². The first-order valence-corrected chi connectivity index (χ1v) is 13.5. The molecule has 8 nitrogen and oxygen atoms in total. The Hall–Kier alpha value is -4.59. The largest absolute Gasteiger partial charge is 0.493 e. The summed E-state index contributed by atoms with van der Waals surface area (Å²) in [5.74, 6) is 1.41. The fourth-order valence-electron chi connectivity index (χ4n) is 5.35. The molecule has 0 bridgehead atoms. The minimum absolute atomic E-state index is 0.387. The first-order chi connectivity index (χ1) is 19.3. The van der Waals surface area contributed by atoms with Crippen molar-refractivity contribution in [2.24, 2.45) is 0 Å². The summed E-state index contributed by atoms with van der Waals surface area (Å²) in [6.45, 7) is 5.63. The first kappa shape index (κ1) is 25.7. The Morgan fingerprint density at radius 3 is 2.38 bits per heavy atom. The van der Waals surface area contributed by atoms with Crippen LogP contribution in [0.1, 0.15) is 45.6 Å². The second kappa shape index (κ2) is 9.86. The number of alkyl carbamates (subject to hydrolysis) is 1. The average Bonchev–Trinajstić information content (AvgIpc) is 3.58. The van der Waals surface area contributed by atoms with Crippen LogP contribution in [0.15, 0.2) is 79.3 Å². The van der Waals surface area contributed by atoms with Gasteiger partial charge in [0.15, 0.2) is 11.4 Å². The van der Waals surface area contributed by atoms with Crippen molar-refractivity contribution in [2.45, 2.75) is 51.2 Å². The molecule has 0 atom stereocenters. The first-order valence-electron chi connectivity index (χ1n) is 13.5. The highest BCUT2D eigenvalue weighted by molar-refractivity contribution is 5.84. The van der Waals surface area contributed by atoms with E-state index < -0.39 is 11.1 Å². The summed E-state index contributed by atoms with van der Waals surface area (Å²) >= 11 is 0. The molecule has 5 aromatic rings. The molecule has 1 amide bonds. The number of hydrogen-bond donors (Lipinski definition) is 2. The number of aromatic amines is 1. The van der Waals surface area contributed by atoms with Gasteiger partial charge in [0.2, 0.25) is 0 Å². The standard InChI is InChI=1S/C32H33N5O3/c1-31(2,3)40-30(38)36-32(15-8-16-32)24-13-11-21(12-14-24)26-27(22-9-6-5-7-10-22)37-20-23(28-33-17-18-34-28)19-25(39-4)29(37)35-26/h5-7,9-14,17-20H,8,15-16H2,1-4H3,(H,33,34)(H,36,38). The number of nitrogens with one attached hydrogen (secondary N) is 2. The van der Waals surface area contributed by atoms with Crippen LogP contribution in [0.3, 0.4) is 0 Å². The maximum atomic E-state index is 12.6. The molecule has 0 spiro atoms. The van der Waals surface area contributed by atoms with E-state index in [1.165, 1.54) is 0 Å². The summed E-state index contributed by atoms with van der Waals surface area (Å²) in [5.41, 5.74) is 5.53. The van der Waals surface area contributed by atoms with Gasteiger partial charge in [0.25, 0.3) is 0 Å². The third-order valence-corrected chi connectivity index (χ3v) is 7.38. The lowest BCUT2D eigenvalue weighted by molar-refractivity contribution is 0.0377. The summed E-state index contributed by atoms with van der Waals surface area (Å²) in [6.07, 6.45) is 8.00. The summed E-state index contributed by atoms with van der Waals surface area (Å²) in [5, 5.41) is 3.15. The predicted molar refractivity (Wildman–Crippen MR) is 155 cm³/mol. The molecule has 3 heterocycles. The van der Waals surface area contributed by atoms with E-state index in [4.69, 9.17) is 14.5 Å². The Labute approximate surface area is 233 Å². The molecule has 2 N–H and O–H groups in total. The lowest BCUT2D eigenvalue weighted by atomic mass is 9.71. The van der Waals surface area contributed by atoms with Gasteiger partial charge in [-0.3, -0.25) is 4.40 Å². The Balaban J connectivity index is 1.44. The number of amides is 1. The van der Waals surface area contributed by atoms with Crippen molar-refractivity contribution in [3.8, 4) is 39.7 Å². The van der Waals surface area contributed by atoms with E-state index in [-0.39, 0.29) is 6.09 Å². The minimum atomic E-state index is -0.548. The number of hydrogen-bond acceptors (Lipinski definition) is 5. The lowest BCUT2D eigenvalue weighted by Crippen LogP contribution is -2.52. The van der Waals surface area contributed by atoms with Crippen LogP contribution >= 0.6 is 0 Å². The quantitative estimate of drug-likeness (QED) is 0.245. The van der Waals surface area contributed by atoms with Gasteiger partial charge >= 0.3 is 6.09 Å². The number of H-pyrrole nitrogens is 1. The third kappa shape index (κ3) is 4.70. The minimum Gasteiger partial charge on any atom is -0.493 e. The van der Waals surface area contributed by atoms with Crippen LogP contribution in [0.5, 0.6) is 5.75 Å². The number of methoxy groups -OCH3 is 1. The summed E-state index contributed by atoms with van der Waals surface area (Å²) in [4.78, 5) is 25.3. The highest BCUT2D eigenvalue weighted by Gasteiger charge is 2.41. The lowest BCUT2D eigenvalue weighted by Gasteiger charge is -2.43. The van der Waals surface area contributed by atoms with Crippen LogP contribution in [0.25, 0.3) is 39.5 Å². The predicted octanol–water partition coefficient (Wildman–Crippen LogP) is 6.97. The van der Waals surface area contributed by atoms with E-state index >= 15 is 0 Å². The number of rotatable bonds is 6. The zero-order chi connectivity index (χ0) is 27.9. The smallest absolute Gasteiger partial charge is 0.408 e. The Bertz CT molecular complexity index is 1650. The van der Waals surface area contributed by atoms with Gasteiger partial charge in [-0.15, -0.1) is 0 Å². The molecular formula is C32H33N5O3. The van der Waals surface area contributed by atoms with Crippen molar-refractivity contribution in [2.75, 3.05) is 7.11 Å². The zero-order valence-electron chi connectivity index (χ0n) is 23.2. The second-order valence-electron chi connectivity index (χ2n) is 11.2. The average molecular weight is 536 g/mol. The molecule has 0 aliphatic heterocycles. The van der Waals surface area contributed by atoms with Gasteiger partial charge in [-0.25, -0.2) is 14.8 Å². The zero-order valence-corrected chi connectivity index (χ0v) is 23.2. The molecule has 204 valence electrons. The van der Waals surface area contributed by atoms with E-state index in [9.17, 15) is 4.79 Å². The Morgan fingerprint density at radius 2 is 1.77 bits per heavy atom. The van der Waals surface area contributed by atoms with E-state index in [1.807, 2.05) is 51.2 Å². The monoisotopic (exact) mass is 535 g/mol. The molecule has 6 rings (SSSR count). The van der Waals surface area contributed by atoms with Gasteiger partial charge in [0, 0.05) is 35.3 Å². The number of imidazole rings is 2. The van der Waals surface area contributed by atoms with Crippen molar-refractivity contribution in [3.63, 3.8) is 0 Å². The Kier molecular flexibility index (Phi) is 6.33. The summed E-state index contributed by atoms with van der Waals surface area (Å²) in [7, 11) is 1.66. The molecule has 8 heteroatoms. The summed E-state index contributed by atoms with van der Waals surface area (Å²) in [6, 6.07) is 20.5. The number of ether oxygens (including phenoxy) is 2. The maximum Gasteiger partial charge on any atom is 0.408 e. The highest BCUT2D eigenvalue weighted by Crippen LogP contribution is 2.43. The molecule has 0 saturated heterocycles. The van der Waals surface area contributed by atoms with Gasteiger partial charge < -0.3 is 19.8 Å². The molecule has 0 unspecified atom stereocenters. The maximum absolute atomic E-state index is 12.6. The number of fused-ring (bicyclic) bond motifs is 1. The fourth-order valence-corrected chi connectivity index (χ4v) is 5.35. The molecule has 1 aliphatic rings. The molecule has 3 aromatic heterocycles. The third-order valence-electron chi connectivity index (χ3n) is 7.38. The van der Waals surface area contributed by atoms with Crippen LogP contribution in [0, 0.1) is 0 Å². The fraction of sp³-hybridized carbons (Fsp3) is 0.281. The van der Waals surface area contributed by atoms with Crippen molar-refractivity contribution >= 4 is 11.7 Å². The molecular weight excluding hydrogens is 502 g/mol. The number of pyridine rings is 1. The molecule has 40 heavy (non-hydrogen) atoms. The van der Waals surface area contributed by atoms with Gasteiger partial charge in [0.1, 0.15) is 11.4 Å². The SMILES string of the molecule is COc1cc(-c2ncc[nH]2)cn2c(-c3ccccc3)c(-c3ccc(C4(NC(=O)OC(C)(C)C)CCC4)cc3)nc12. The molecule has 1 saturated carbocycles. The Morgan fingerprint density at radius 1 is 1.02 bits per heavy atom. The van der Waals surface area contributed by atoms with Crippen LogP contribution in [0.4, 0.5) is 4.79 Å². The number of benzene rings is 2. The van der Waals surface area contributed by atoms with E-state index in [2.05, 4.69) is 56.1 Å². The summed E-state index contributed by atoms with van der Waals surface area (Å²) < 4.78 is 13.4. The van der Waals surface area contributed by atoms with Crippen molar-refractivity contribution in [1.29, 1.82) is 0 Å². The van der Waals surface area contributed by atoms with E-state index in [0.717, 1.165) is 64.4 Å². The van der Waals surface area contributed by atoms with Crippen LogP contribution in [-0.2, 0) is 10.3 Å². The normalized spacial score (nSPS) is 14.5. The number of carbonyl (C=O) groups excluding carboxylic acids is 1.